The Morgan fingerprint density at radius 1 is 0.828 bits per heavy atom. The van der Waals surface area contributed by atoms with Crippen molar-refractivity contribution in [1.82, 2.24) is 9.97 Å². The summed E-state index contributed by atoms with van der Waals surface area (Å²) in [7, 11) is 0. The number of nitrogens with one attached hydrogen (secondary N) is 2. The topological polar surface area (TPSA) is 84.0 Å². The molecule has 0 saturated heterocycles. The van der Waals surface area contributed by atoms with E-state index in [0.717, 1.165) is 22.5 Å². The number of carbonyl (C=O) groups excluding carboxylic acids is 2. The highest BCUT2D eigenvalue weighted by atomic mass is 16.2. The Bertz CT molecular complexity index is 1030. The number of nitrogens with zero attached hydrogens (tertiary/aromatic N) is 2. The van der Waals surface area contributed by atoms with Crippen LogP contribution in [-0.2, 0) is 4.79 Å². The standard InChI is InChI=1S/C23H24N4O2/c1-15-4-5-18(12-16(15)2)21(28)10-11-23(29)27-20-8-6-19(7-9-20)26-22-13-17(3)24-14-25-22/h4-9,12-14H,10-11H2,1-3H3,(H,27,29)(H,24,25,26). The summed E-state index contributed by atoms with van der Waals surface area (Å²) >= 11 is 0. The lowest BCUT2D eigenvalue weighted by molar-refractivity contribution is -0.116. The molecule has 6 heteroatoms. The number of aromatic nitrogens is 2. The molecule has 0 aliphatic rings. The van der Waals surface area contributed by atoms with E-state index in [4.69, 9.17) is 0 Å². The second kappa shape index (κ2) is 9.10. The van der Waals surface area contributed by atoms with Gasteiger partial charge in [-0.05, 0) is 62.2 Å². The predicted octanol–water partition coefficient (Wildman–Crippen LogP) is 4.75. The Morgan fingerprint density at radius 3 is 2.24 bits per heavy atom. The van der Waals surface area contributed by atoms with Crippen molar-refractivity contribution in [2.24, 2.45) is 0 Å². The minimum absolute atomic E-state index is 0.0251. The van der Waals surface area contributed by atoms with Crippen LogP contribution in [-0.4, -0.2) is 21.7 Å². The van der Waals surface area contributed by atoms with Crippen molar-refractivity contribution in [3.05, 3.63) is 77.2 Å². The highest BCUT2D eigenvalue weighted by Gasteiger charge is 2.10. The molecule has 0 atom stereocenters. The molecule has 0 aliphatic carbocycles. The number of rotatable bonds is 7. The van der Waals surface area contributed by atoms with Gasteiger partial charge in [0.2, 0.25) is 5.91 Å². The number of benzene rings is 2. The van der Waals surface area contributed by atoms with Crippen molar-refractivity contribution >= 4 is 28.9 Å². The molecular weight excluding hydrogens is 364 g/mol. The Hall–Kier alpha value is -3.54. The first kappa shape index (κ1) is 20.2. The summed E-state index contributed by atoms with van der Waals surface area (Å²) in [6.07, 6.45) is 1.83. The van der Waals surface area contributed by atoms with Gasteiger partial charge in [-0.2, -0.15) is 0 Å². The molecule has 0 bridgehead atoms. The SMILES string of the molecule is Cc1cc(Nc2ccc(NC(=O)CCC(=O)c3ccc(C)c(C)c3)cc2)ncn1. The number of aryl methyl sites for hydroxylation is 3. The monoisotopic (exact) mass is 388 g/mol. The van der Waals surface area contributed by atoms with Gasteiger partial charge >= 0.3 is 0 Å². The second-order valence-electron chi connectivity index (χ2n) is 7.02. The predicted molar refractivity (Wildman–Crippen MR) is 115 cm³/mol. The van der Waals surface area contributed by atoms with E-state index >= 15 is 0 Å². The van der Waals surface area contributed by atoms with E-state index in [1.807, 2.05) is 57.2 Å². The molecule has 2 aromatic carbocycles. The van der Waals surface area contributed by atoms with Crippen LogP contribution in [0.4, 0.5) is 17.2 Å². The molecule has 148 valence electrons. The Kier molecular flexibility index (Phi) is 6.34. The average molecular weight is 388 g/mol. The number of hydrogen-bond acceptors (Lipinski definition) is 5. The molecule has 0 aliphatic heterocycles. The first-order valence-corrected chi connectivity index (χ1v) is 9.47. The Morgan fingerprint density at radius 2 is 1.55 bits per heavy atom. The van der Waals surface area contributed by atoms with Crippen molar-refractivity contribution in [3.63, 3.8) is 0 Å². The minimum Gasteiger partial charge on any atom is -0.340 e. The van der Waals surface area contributed by atoms with Crippen molar-refractivity contribution in [3.8, 4) is 0 Å². The number of amides is 1. The van der Waals surface area contributed by atoms with Crippen LogP contribution in [0.5, 0.6) is 0 Å². The number of carbonyl (C=O) groups is 2. The van der Waals surface area contributed by atoms with Crippen LogP contribution in [0, 0.1) is 20.8 Å². The van der Waals surface area contributed by atoms with E-state index in [1.54, 1.807) is 12.1 Å². The largest absolute Gasteiger partial charge is 0.340 e. The number of Topliss-reactive ketones (excluding diaryl/α,β-unsaturated/α-hetero) is 1. The lowest BCUT2D eigenvalue weighted by Gasteiger charge is -2.09. The van der Waals surface area contributed by atoms with Crippen LogP contribution >= 0.6 is 0 Å². The molecule has 0 unspecified atom stereocenters. The zero-order valence-electron chi connectivity index (χ0n) is 16.8. The molecule has 0 radical (unpaired) electrons. The summed E-state index contributed by atoms with van der Waals surface area (Å²) in [5, 5.41) is 6.01. The van der Waals surface area contributed by atoms with Crippen LogP contribution in [0.3, 0.4) is 0 Å². The summed E-state index contributed by atoms with van der Waals surface area (Å²) in [4.78, 5) is 32.7. The maximum Gasteiger partial charge on any atom is 0.224 e. The second-order valence-corrected chi connectivity index (χ2v) is 7.02. The normalized spacial score (nSPS) is 10.4. The number of anilines is 3. The molecule has 0 saturated carbocycles. The summed E-state index contributed by atoms with van der Waals surface area (Å²) in [6.45, 7) is 5.88. The lowest BCUT2D eigenvalue weighted by atomic mass is 10.0. The maximum atomic E-state index is 12.3. The average Bonchev–Trinajstić information content (AvgIpc) is 2.70. The lowest BCUT2D eigenvalue weighted by Crippen LogP contribution is -2.13. The van der Waals surface area contributed by atoms with Gasteiger partial charge in [0.15, 0.2) is 5.78 Å². The molecular formula is C23H24N4O2. The van der Waals surface area contributed by atoms with Gasteiger partial charge in [0, 0.05) is 41.5 Å². The fourth-order valence-corrected chi connectivity index (χ4v) is 2.82. The Labute approximate surface area is 170 Å². The van der Waals surface area contributed by atoms with E-state index in [9.17, 15) is 9.59 Å². The third-order valence-corrected chi connectivity index (χ3v) is 4.65. The smallest absolute Gasteiger partial charge is 0.224 e. The van der Waals surface area contributed by atoms with Gasteiger partial charge in [0.05, 0.1) is 0 Å². The van der Waals surface area contributed by atoms with Crippen molar-refractivity contribution in [1.29, 1.82) is 0 Å². The summed E-state index contributed by atoms with van der Waals surface area (Å²) in [5.41, 5.74) is 5.28. The van der Waals surface area contributed by atoms with Gasteiger partial charge in [-0.15, -0.1) is 0 Å². The first-order chi connectivity index (χ1) is 13.9. The van der Waals surface area contributed by atoms with Crippen LogP contribution < -0.4 is 10.6 Å². The van der Waals surface area contributed by atoms with E-state index in [2.05, 4.69) is 20.6 Å². The number of hydrogen-bond donors (Lipinski definition) is 2. The molecule has 0 spiro atoms. The summed E-state index contributed by atoms with van der Waals surface area (Å²) < 4.78 is 0. The van der Waals surface area contributed by atoms with E-state index in [1.165, 1.54) is 6.33 Å². The molecule has 29 heavy (non-hydrogen) atoms. The quantitative estimate of drug-likeness (QED) is 0.571. The fraction of sp³-hybridized carbons (Fsp3) is 0.217. The van der Waals surface area contributed by atoms with Crippen molar-refractivity contribution in [2.75, 3.05) is 10.6 Å². The van der Waals surface area contributed by atoms with Gasteiger partial charge < -0.3 is 10.6 Å². The van der Waals surface area contributed by atoms with Crippen molar-refractivity contribution < 1.29 is 9.59 Å². The van der Waals surface area contributed by atoms with Gasteiger partial charge in [-0.25, -0.2) is 9.97 Å². The number of ketones is 1. The molecule has 2 N–H and O–H groups in total. The highest BCUT2D eigenvalue weighted by Crippen LogP contribution is 2.18. The molecule has 1 aromatic heterocycles. The molecule has 1 amide bonds. The molecule has 3 rings (SSSR count). The van der Waals surface area contributed by atoms with Gasteiger partial charge in [-0.3, -0.25) is 9.59 Å². The van der Waals surface area contributed by atoms with Crippen LogP contribution in [0.25, 0.3) is 0 Å². The molecule has 6 nitrogen and oxygen atoms in total. The summed E-state index contributed by atoms with van der Waals surface area (Å²) in [5.74, 6) is 0.497. The Balaban J connectivity index is 1.51. The van der Waals surface area contributed by atoms with Gasteiger partial charge in [-0.1, -0.05) is 12.1 Å². The highest BCUT2D eigenvalue weighted by molar-refractivity contribution is 6.00. The first-order valence-electron chi connectivity index (χ1n) is 9.47. The minimum atomic E-state index is -0.186. The van der Waals surface area contributed by atoms with Gasteiger partial charge in [0.1, 0.15) is 12.1 Å². The van der Waals surface area contributed by atoms with E-state index in [0.29, 0.717) is 17.1 Å². The van der Waals surface area contributed by atoms with Crippen molar-refractivity contribution in [2.45, 2.75) is 33.6 Å². The molecule has 0 fully saturated rings. The molecule has 1 heterocycles. The van der Waals surface area contributed by atoms with Gasteiger partial charge in [0.25, 0.3) is 0 Å². The zero-order valence-corrected chi connectivity index (χ0v) is 16.8. The van der Waals surface area contributed by atoms with E-state index < -0.39 is 0 Å². The van der Waals surface area contributed by atoms with Crippen LogP contribution in [0.15, 0.2) is 54.9 Å². The summed E-state index contributed by atoms with van der Waals surface area (Å²) in [6, 6.07) is 14.8. The zero-order chi connectivity index (χ0) is 20.8. The van der Waals surface area contributed by atoms with Crippen LogP contribution in [0.2, 0.25) is 0 Å². The van der Waals surface area contributed by atoms with Crippen LogP contribution in [0.1, 0.15) is 40.0 Å². The third kappa shape index (κ3) is 5.72. The molecule has 3 aromatic rings. The maximum absolute atomic E-state index is 12.3. The third-order valence-electron chi connectivity index (χ3n) is 4.65. The van der Waals surface area contributed by atoms with E-state index in [-0.39, 0.29) is 24.5 Å². The fourth-order valence-electron chi connectivity index (χ4n) is 2.82.